The van der Waals surface area contributed by atoms with E-state index in [-0.39, 0.29) is 11.0 Å². The molecule has 0 fully saturated rings. The fraction of sp³-hybridized carbons (Fsp3) is 0.111. The molecule has 68 valence electrons. The zero-order valence-corrected chi connectivity index (χ0v) is 7.93. The van der Waals surface area contributed by atoms with Crippen LogP contribution in [0.1, 0.15) is 17.3 Å². The topological polar surface area (TPSA) is 46.2 Å². The molecule has 1 aromatic carbocycles. The van der Waals surface area contributed by atoms with E-state index in [1.165, 1.54) is 6.92 Å². The molecule has 0 bridgehead atoms. The van der Waals surface area contributed by atoms with Gasteiger partial charge in [0.2, 0.25) is 5.12 Å². The highest BCUT2D eigenvalue weighted by Gasteiger charge is 2.04. The molecule has 1 rings (SSSR count). The Hall–Kier alpha value is -1.29. The maximum atomic E-state index is 11.3. The number of carbonyl (C=O) groups excluding carboxylic acids is 2. The molecule has 0 aliphatic heterocycles. The van der Waals surface area contributed by atoms with Crippen molar-refractivity contribution in [3.05, 3.63) is 35.9 Å². The molecule has 0 saturated carbocycles. The van der Waals surface area contributed by atoms with E-state index in [1.807, 2.05) is 6.07 Å². The van der Waals surface area contributed by atoms with Crippen molar-refractivity contribution in [3.63, 3.8) is 0 Å². The SMILES string of the molecule is CC(=O)SNC(=O)c1ccccc1. The van der Waals surface area contributed by atoms with E-state index in [9.17, 15) is 9.59 Å². The molecule has 0 atom stereocenters. The molecule has 1 N–H and O–H groups in total. The molecule has 0 aliphatic carbocycles. The molecule has 0 aliphatic rings. The largest absolute Gasteiger partial charge is 0.289 e. The van der Waals surface area contributed by atoms with Gasteiger partial charge in [0, 0.05) is 24.4 Å². The number of benzene rings is 1. The van der Waals surface area contributed by atoms with Crippen LogP contribution >= 0.6 is 11.9 Å². The Morgan fingerprint density at radius 3 is 2.38 bits per heavy atom. The summed E-state index contributed by atoms with van der Waals surface area (Å²) in [7, 11) is 0. The lowest BCUT2D eigenvalue weighted by Crippen LogP contribution is -2.17. The molecule has 0 aromatic heterocycles. The van der Waals surface area contributed by atoms with Crippen LogP contribution in [0, 0.1) is 0 Å². The Bertz CT molecular complexity index is 311. The highest BCUT2D eigenvalue weighted by molar-refractivity contribution is 8.12. The van der Waals surface area contributed by atoms with E-state index in [0.29, 0.717) is 5.56 Å². The van der Waals surface area contributed by atoms with Gasteiger partial charge in [-0.3, -0.25) is 14.3 Å². The molecule has 3 nitrogen and oxygen atoms in total. The van der Waals surface area contributed by atoms with Crippen molar-refractivity contribution in [2.45, 2.75) is 6.92 Å². The number of amides is 1. The minimum Gasteiger partial charge on any atom is -0.289 e. The number of nitrogens with one attached hydrogen (secondary N) is 1. The molecule has 0 heterocycles. The predicted molar refractivity (Wildman–Crippen MR) is 52.2 cm³/mol. The van der Waals surface area contributed by atoms with Crippen LogP contribution in [0.4, 0.5) is 0 Å². The first-order valence-electron chi connectivity index (χ1n) is 3.73. The average Bonchev–Trinajstić information content (AvgIpc) is 2.15. The maximum Gasteiger partial charge on any atom is 0.261 e. The smallest absolute Gasteiger partial charge is 0.261 e. The third-order valence-electron chi connectivity index (χ3n) is 1.32. The summed E-state index contributed by atoms with van der Waals surface area (Å²) < 4.78 is 2.43. The lowest BCUT2D eigenvalue weighted by atomic mass is 10.2. The van der Waals surface area contributed by atoms with Crippen molar-refractivity contribution < 1.29 is 9.59 Å². The van der Waals surface area contributed by atoms with Crippen molar-refractivity contribution >= 4 is 23.0 Å². The summed E-state index contributed by atoms with van der Waals surface area (Å²) in [6.07, 6.45) is 0. The van der Waals surface area contributed by atoms with E-state index in [4.69, 9.17) is 0 Å². The van der Waals surface area contributed by atoms with Gasteiger partial charge in [0.1, 0.15) is 0 Å². The Kier molecular flexibility index (Phi) is 3.52. The summed E-state index contributed by atoms with van der Waals surface area (Å²) in [6.45, 7) is 1.40. The van der Waals surface area contributed by atoms with Gasteiger partial charge in [-0.1, -0.05) is 18.2 Å². The molecule has 13 heavy (non-hydrogen) atoms. The summed E-state index contributed by atoms with van der Waals surface area (Å²) in [6, 6.07) is 8.75. The highest BCUT2D eigenvalue weighted by Crippen LogP contribution is 2.01. The Balaban J connectivity index is 2.54. The van der Waals surface area contributed by atoms with E-state index in [0.717, 1.165) is 11.9 Å². The fourth-order valence-electron chi connectivity index (χ4n) is 0.767. The number of hydrogen-bond acceptors (Lipinski definition) is 3. The molecule has 4 heteroatoms. The second-order valence-electron chi connectivity index (χ2n) is 2.39. The zero-order valence-electron chi connectivity index (χ0n) is 7.11. The van der Waals surface area contributed by atoms with Crippen LogP contribution in [0.2, 0.25) is 0 Å². The van der Waals surface area contributed by atoms with Gasteiger partial charge in [-0.15, -0.1) is 0 Å². The summed E-state index contributed by atoms with van der Waals surface area (Å²) in [4.78, 5) is 21.8. The van der Waals surface area contributed by atoms with Gasteiger partial charge in [0.05, 0.1) is 0 Å². The average molecular weight is 195 g/mol. The normalized spacial score (nSPS) is 9.31. The number of hydrogen-bond donors (Lipinski definition) is 1. The standard InChI is InChI=1S/C9H9NO2S/c1-7(11)13-10-9(12)8-5-3-2-4-6-8/h2-6H,1H3,(H,10,12). The lowest BCUT2D eigenvalue weighted by Gasteiger charge is -2.00. The highest BCUT2D eigenvalue weighted by atomic mass is 32.2. The van der Waals surface area contributed by atoms with Crippen molar-refractivity contribution in [1.82, 2.24) is 4.72 Å². The first kappa shape index (κ1) is 9.80. The predicted octanol–water partition coefficient (Wildman–Crippen LogP) is 1.61. The van der Waals surface area contributed by atoms with Gasteiger partial charge >= 0.3 is 0 Å². The van der Waals surface area contributed by atoms with Gasteiger partial charge in [-0.05, 0) is 12.1 Å². The van der Waals surface area contributed by atoms with Crippen LogP contribution in [0.3, 0.4) is 0 Å². The third-order valence-corrected chi connectivity index (χ3v) is 1.90. The summed E-state index contributed by atoms with van der Waals surface area (Å²) in [5, 5.41) is -0.135. The minimum absolute atomic E-state index is 0.135. The van der Waals surface area contributed by atoms with Gasteiger partial charge in [-0.2, -0.15) is 0 Å². The second kappa shape index (κ2) is 4.67. The maximum absolute atomic E-state index is 11.3. The van der Waals surface area contributed by atoms with Crippen molar-refractivity contribution in [2.75, 3.05) is 0 Å². The first-order valence-corrected chi connectivity index (χ1v) is 4.54. The summed E-state index contributed by atoms with van der Waals surface area (Å²) in [5.41, 5.74) is 0.552. The molecule has 0 unspecified atom stereocenters. The quantitative estimate of drug-likeness (QED) is 0.692. The van der Waals surface area contributed by atoms with E-state index in [2.05, 4.69) is 4.72 Å². The van der Waals surface area contributed by atoms with Crippen LogP contribution < -0.4 is 4.72 Å². The van der Waals surface area contributed by atoms with Crippen LogP contribution in [-0.4, -0.2) is 11.0 Å². The Morgan fingerprint density at radius 1 is 1.23 bits per heavy atom. The zero-order chi connectivity index (χ0) is 9.68. The minimum atomic E-state index is -0.249. The Labute approximate surface area is 80.7 Å². The molecule has 0 spiro atoms. The van der Waals surface area contributed by atoms with Crippen molar-refractivity contribution in [3.8, 4) is 0 Å². The van der Waals surface area contributed by atoms with Crippen LogP contribution in [-0.2, 0) is 4.79 Å². The molecule has 0 saturated heterocycles. The van der Waals surface area contributed by atoms with Crippen LogP contribution in [0.15, 0.2) is 30.3 Å². The van der Waals surface area contributed by atoms with Gasteiger partial charge < -0.3 is 0 Å². The number of rotatable bonds is 1. The van der Waals surface area contributed by atoms with Gasteiger partial charge in [0.25, 0.3) is 5.91 Å². The molecular formula is C9H9NO2S. The van der Waals surface area contributed by atoms with Crippen LogP contribution in [0.25, 0.3) is 0 Å². The second-order valence-corrected chi connectivity index (χ2v) is 3.37. The lowest BCUT2D eigenvalue weighted by molar-refractivity contribution is -0.109. The Morgan fingerprint density at radius 2 is 1.85 bits per heavy atom. The molecule has 1 aromatic rings. The van der Waals surface area contributed by atoms with Gasteiger partial charge in [-0.25, -0.2) is 0 Å². The third kappa shape index (κ3) is 3.29. The van der Waals surface area contributed by atoms with E-state index < -0.39 is 0 Å². The molecule has 1 amide bonds. The monoisotopic (exact) mass is 195 g/mol. The van der Waals surface area contributed by atoms with E-state index in [1.54, 1.807) is 24.3 Å². The molecular weight excluding hydrogens is 186 g/mol. The molecule has 0 radical (unpaired) electrons. The van der Waals surface area contributed by atoms with Crippen LogP contribution in [0.5, 0.6) is 0 Å². The first-order chi connectivity index (χ1) is 6.20. The van der Waals surface area contributed by atoms with Crippen molar-refractivity contribution in [2.24, 2.45) is 0 Å². The summed E-state index contributed by atoms with van der Waals surface area (Å²) >= 11 is 0.796. The number of carbonyl (C=O) groups is 2. The summed E-state index contributed by atoms with van der Waals surface area (Å²) in [5.74, 6) is -0.249. The van der Waals surface area contributed by atoms with E-state index >= 15 is 0 Å². The fourth-order valence-corrected chi connectivity index (χ4v) is 1.12. The van der Waals surface area contributed by atoms with Crippen molar-refractivity contribution in [1.29, 1.82) is 0 Å². The van der Waals surface area contributed by atoms with Gasteiger partial charge in [0.15, 0.2) is 0 Å².